The van der Waals surface area contributed by atoms with Crippen LogP contribution in [0.5, 0.6) is 5.75 Å². The summed E-state index contributed by atoms with van der Waals surface area (Å²) < 4.78 is 6.91. The minimum Gasteiger partial charge on any atom is -0.495 e. The molecule has 1 N–H and O–H groups in total. The molecule has 0 bridgehead atoms. The monoisotopic (exact) mass is 550 g/mol. The molecule has 2 aromatic heterocycles. The molecule has 0 aliphatic carbocycles. The van der Waals surface area contributed by atoms with E-state index in [0.717, 1.165) is 0 Å². The molecule has 0 amide bonds. The second-order valence-electron chi connectivity index (χ2n) is 8.54. The Hall–Kier alpha value is -4.08. The highest BCUT2D eigenvalue weighted by molar-refractivity contribution is 7.09. The van der Waals surface area contributed by atoms with Crippen LogP contribution >= 0.6 is 22.9 Å². The number of carboxylic acid groups (broad SMARTS) is 1. The van der Waals surface area contributed by atoms with E-state index in [4.69, 9.17) is 21.4 Å². The summed E-state index contributed by atoms with van der Waals surface area (Å²) >= 11 is 7.57. The van der Waals surface area contributed by atoms with Crippen LogP contribution < -0.4 is 10.3 Å². The zero-order valence-corrected chi connectivity index (χ0v) is 22.1. The third-order valence-corrected chi connectivity index (χ3v) is 7.09. The number of aromatic carboxylic acids is 1. The number of methoxy groups -OCH3 is 1. The topological polar surface area (TPSA) is 116 Å². The normalized spacial score (nSPS) is 11.7. The van der Waals surface area contributed by atoms with Gasteiger partial charge in [-0.1, -0.05) is 23.7 Å². The first-order valence-electron chi connectivity index (χ1n) is 11.5. The molecule has 8 nitrogen and oxygen atoms in total. The van der Waals surface area contributed by atoms with Crippen molar-refractivity contribution < 1.29 is 24.2 Å². The van der Waals surface area contributed by atoms with Crippen LogP contribution in [0, 0.1) is 0 Å². The van der Waals surface area contributed by atoms with Gasteiger partial charge in [0.2, 0.25) is 0 Å². The average Bonchev–Trinajstić information content (AvgIpc) is 3.40. The van der Waals surface area contributed by atoms with E-state index < -0.39 is 17.6 Å². The molecule has 2 aromatic carbocycles. The molecule has 0 spiro atoms. The highest BCUT2D eigenvalue weighted by atomic mass is 35.5. The summed E-state index contributed by atoms with van der Waals surface area (Å²) in [4.78, 5) is 54.7. The van der Waals surface area contributed by atoms with Crippen molar-refractivity contribution in [1.82, 2.24) is 9.55 Å². The van der Waals surface area contributed by atoms with Crippen LogP contribution in [-0.4, -0.2) is 39.3 Å². The zero-order valence-electron chi connectivity index (χ0n) is 20.5. The van der Waals surface area contributed by atoms with E-state index in [1.807, 2.05) is 0 Å². The smallest absolute Gasteiger partial charge is 0.335 e. The van der Waals surface area contributed by atoms with Crippen LogP contribution in [0.2, 0.25) is 5.02 Å². The maximum absolute atomic E-state index is 13.6. The summed E-state index contributed by atoms with van der Waals surface area (Å²) in [6, 6.07) is 11.2. The lowest BCUT2D eigenvalue weighted by Crippen LogP contribution is -2.32. The second-order valence-corrected chi connectivity index (χ2v) is 9.95. The van der Waals surface area contributed by atoms with Gasteiger partial charge < -0.3 is 14.4 Å². The minimum absolute atomic E-state index is 0.0186. The number of carboxylic acids is 1. The van der Waals surface area contributed by atoms with E-state index in [1.54, 1.807) is 41.9 Å². The maximum atomic E-state index is 13.6. The number of ether oxygens (including phenoxy) is 1. The third-order valence-electron chi connectivity index (χ3n) is 6.05. The van der Waals surface area contributed by atoms with Crippen molar-refractivity contribution in [2.75, 3.05) is 7.11 Å². The molecule has 0 aliphatic heterocycles. The number of thiazole rings is 1. The SMILES string of the molecule is COc1cn(C(Cc2nccs2)C(=O)Cc2ccc(C(=O)O)cc2)c(=O)cc1-c1cc(Cl)ccc1C(C)=O. The van der Waals surface area contributed by atoms with Gasteiger partial charge in [0.1, 0.15) is 11.8 Å². The van der Waals surface area contributed by atoms with Crippen molar-refractivity contribution >= 4 is 40.5 Å². The lowest BCUT2D eigenvalue weighted by molar-refractivity contribution is -0.121. The van der Waals surface area contributed by atoms with E-state index in [-0.39, 0.29) is 35.7 Å². The first-order valence-corrected chi connectivity index (χ1v) is 12.8. The van der Waals surface area contributed by atoms with Gasteiger partial charge in [-0.05, 0) is 48.4 Å². The Morgan fingerprint density at radius 2 is 1.84 bits per heavy atom. The first-order chi connectivity index (χ1) is 18.2. The number of aromatic nitrogens is 2. The fourth-order valence-corrected chi connectivity index (χ4v) is 4.99. The van der Waals surface area contributed by atoms with Crippen LogP contribution in [0.3, 0.4) is 0 Å². The van der Waals surface area contributed by atoms with Crippen molar-refractivity contribution in [3.63, 3.8) is 0 Å². The maximum Gasteiger partial charge on any atom is 0.335 e. The third kappa shape index (κ3) is 5.90. The predicted molar refractivity (Wildman–Crippen MR) is 145 cm³/mol. The first kappa shape index (κ1) is 27.0. The van der Waals surface area contributed by atoms with Crippen LogP contribution in [-0.2, 0) is 17.6 Å². The van der Waals surface area contributed by atoms with E-state index in [1.165, 1.54) is 54.3 Å². The number of hydrogen-bond donors (Lipinski definition) is 1. The minimum atomic E-state index is -1.06. The number of carbonyl (C=O) groups excluding carboxylic acids is 2. The van der Waals surface area contributed by atoms with Gasteiger partial charge in [0.15, 0.2) is 11.6 Å². The summed E-state index contributed by atoms with van der Waals surface area (Å²) in [5.41, 5.74) is 1.48. The number of carbonyl (C=O) groups is 3. The van der Waals surface area contributed by atoms with E-state index in [9.17, 15) is 19.2 Å². The molecule has 4 rings (SSSR count). The van der Waals surface area contributed by atoms with E-state index in [0.29, 0.717) is 32.3 Å². The van der Waals surface area contributed by atoms with Crippen molar-refractivity contribution in [3.8, 4) is 16.9 Å². The second kappa shape index (κ2) is 11.5. The Bertz CT molecular complexity index is 1560. The number of hydrogen-bond acceptors (Lipinski definition) is 7. The predicted octanol–water partition coefficient (Wildman–Crippen LogP) is 5.13. The van der Waals surface area contributed by atoms with E-state index in [2.05, 4.69) is 4.98 Å². The molecule has 0 radical (unpaired) electrons. The van der Waals surface area contributed by atoms with Crippen LogP contribution in [0.25, 0.3) is 11.1 Å². The quantitative estimate of drug-likeness (QED) is 0.272. The molecule has 0 fully saturated rings. The molecule has 0 saturated heterocycles. The molecular formula is C28H23ClN2O6S. The van der Waals surface area contributed by atoms with E-state index >= 15 is 0 Å². The highest BCUT2D eigenvalue weighted by Crippen LogP contribution is 2.34. The van der Waals surface area contributed by atoms with Crippen LogP contribution in [0.15, 0.2) is 71.1 Å². The van der Waals surface area contributed by atoms with Gasteiger partial charge in [0, 0.05) is 46.6 Å². The Morgan fingerprint density at radius 1 is 1.11 bits per heavy atom. The average molecular weight is 551 g/mol. The van der Waals surface area contributed by atoms with Crippen molar-refractivity contribution in [2.24, 2.45) is 0 Å². The summed E-state index contributed by atoms with van der Waals surface area (Å²) in [6.45, 7) is 1.42. The molecule has 1 atom stereocenters. The van der Waals surface area contributed by atoms with Gasteiger partial charge in [-0.15, -0.1) is 11.3 Å². The van der Waals surface area contributed by atoms with Gasteiger partial charge in [-0.3, -0.25) is 14.4 Å². The molecule has 0 aliphatic rings. The van der Waals surface area contributed by atoms with Crippen LogP contribution in [0.4, 0.5) is 0 Å². The summed E-state index contributed by atoms with van der Waals surface area (Å²) in [5, 5.41) is 12.0. The van der Waals surface area contributed by atoms with Crippen molar-refractivity contribution in [2.45, 2.75) is 25.8 Å². The van der Waals surface area contributed by atoms with Gasteiger partial charge in [0.25, 0.3) is 5.56 Å². The van der Waals surface area contributed by atoms with Gasteiger partial charge in [-0.25, -0.2) is 9.78 Å². The Balaban J connectivity index is 1.77. The number of halogens is 1. The molecule has 10 heteroatoms. The van der Waals surface area contributed by atoms with Crippen molar-refractivity contribution in [1.29, 1.82) is 0 Å². The van der Waals surface area contributed by atoms with Gasteiger partial charge in [-0.2, -0.15) is 0 Å². The lowest BCUT2D eigenvalue weighted by atomic mass is 9.96. The molecule has 4 aromatic rings. The number of ketones is 2. The molecule has 0 saturated carbocycles. The summed E-state index contributed by atoms with van der Waals surface area (Å²) in [7, 11) is 1.44. The Labute approximate surface area is 227 Å². The fourth-order valence-electron chi connectivity index (χ4n) is 4.16. The van der Waals surface area contributed by atoms with Gasteiger partial charge >= 0.3 is 5.97 Å². The molecule has 38 heavy (non-hydrogen) atoms. The summed E-state index contributed by atoms with van der Waals surface area (Å²) in [5.74, 6) is -1.23. The molecule has 194 valence electrons. The Morgan fingerprint density at radius 3 is 2.45 bits per heavy atom. The number of rotatable bonds is 10. The number of nitrogens with zero attached hydrogens (tertiary/aromatic N) is 2. The van der Waals surface area contributed by atoms with Crippen molar-refractivity contribution in [3.05, 3.63) is 103 Å². The Kier molecular flexibility index (Phi) is 8.19. The number of Topliss-reactive ketones (excluding diaryl/α,β-unsaturated/α-hetero) is 2. The molecular weight excluding hydrogens is 528 g/mol. The van der Waals surface area contributed by atoms with Crippen LogP contribution in [0.1, 0.15) is 44.3 Å². The van der Waals surface area contributed by atoms with Gasteiger partial charge in [0.05, 0.1) is 23.9 Å². The standard InChI is InChI=1S/C28H23ClN2O6S/c1-16(32)20-8-7-19(29)12-21(20)22-13-27(34)31(15-25(22)37-2)23(14-26-30-9-10-38-26)24(33)11-17-3-5-18(6-4-17)28(35)36/h3-10,12-13,15,23H,11,14H2,1-2H3,(H,35,36). The fraction of sp³-hybridized carbons (Fsp3) is 0.179. The summed E-state index contributed by atoms with van der Waals surface area (Å²) in [6.07, 6.45) is 3.25. The number of pyridine rings is 1. The number of benzene rings is 2. The largest absolute Gasteiger partial charge is 0.495 e. The molecule has 1 unspecified atom stereocenters. The zero-order chi connectivity index (χ0) is 27.4. The lowest BCUT2D eigenvalue weighted by Gasteiger charge is -2.21. The molecule has 2 heterocycles. The highest BCUT2D eigenvalue weighted by Gasteiger charge is 2.26.